The molecule has 0 amide bonds. The fourth-order valence-corrected chi connectivity index (χ4v) is 1.95. The summed E-state index contributed by atoms with van der Waals surface area (Å²) in [5.74, 6) is 0. The molecule has 0 bridgehead atoms. The van der Waals surface area contributed by atoms with Crippen molar-refractivity contribution in [3.8, 4) is 0 Å². The summed E-state index contributed by atoms with van der Waals surface area (Å²) in [6, 6.07) is 8.25. The molecule has 0 aromatic heterocycles. The standard InChI is InChI=1S/C11H11ClINO/c1-7(12)11-6-10(14-15-11)8-2-4-9(13)5-3-8/h2-5,7,11H,6H2,1H3. The molecule has 2 unspecified atom stereocenters. The zero-order valence-electron chi connectivity index (χ0n) is 8.28. The zero-order chi connectivity index (χ0) is 10.8. The van der Waals surface area contributed by atoms with E-state index >= 15 is 0 Å². The minimum absolute atomic E-state index is 0.00454. The van der Waals surface area contributed by atoms with Gasteiger partial charge in [0.05, 0.1) is 11.1 Å². The van der Waals surface area contributed by atoms with E-state index in [0.717, 1.165) is 17.7 Å². The van der Waals surface area contributed by atoms with E-state index in [1.54, 1.807) is 0 Å². The predicted molar refractivity (Wildman–Crippen MR) is 70.5 cm³/mol. The molecule has 0 saturated carbocycles. The molecule has 2 nitrogen and oxygen atoms in total. The van der Waals surface area contributed by atoms with Crippen LogP contribution in [0.4, 0.5) is 0 Å². The number of nitrogens with zero attached hydrogens (tertiary/aromatic N) is 1. The van der Waals surface area contributed by atoms with Crippen LogP contribution in [0.15, 0.2) is 29.4 Å². The van der Waals surface area contributed by atoms with Gasteiger partial charge in [-0.3, -0.25) is 0 Å². The van der Waals surface area contributed by atoms with Gasteiger partial charge in [0.1, 0.15) is 6.10 Å². The average molecular weight is 336 g/mol. The summed E-state index contributed by atoms with van der Waals surface area (Å²) in [5.41, 5.74) is 2.11. The molecule has 0 spiro atoms. The SMILES string of the molecule is CC(Cl)C1CC(c2ccc(I)cc2)=NO1. The lowest BCUT2D eigenvalue weighted by molar-refractivity contribution is 0.0855. The Bertz CT molecular complexity index is 375. The van der Waals surface area contributed by atoms with Gasteiger partial charge in [-0.25, -0.2) is 0 Å². The fraction of sp³-hybridized carbons (Fsp3) is 0.364. The van der Waals surface area contributed by atoms with Gasteiger partial charge in [0.25, 0.3) is 0 Å². The molecule has 15 heavy (non-hydrogen) atoms. The van der Waals surface area contributed by atoms with E-state index in [9.17, 15) is 0 Å². The van der Waals surface area contributed by atoms with Gasteiger partial charge in [0.15, 0.2) is 0 Å². The maximum atomic E-state index is 5.96. The first-order chi connectivity index (χ1) is 7.16. The van der Waals surface area contributed by atoms with E-state index in [-0.39, 0.29) is 11.5 Å². The van der Waals surface area contributed by atoms with Gasteiger partial charge in [-0.05, 0) is 47.2 Å². The Morgan fingerprint density at radius 2 is 2.13 bits per heavy atom. The molecule has 1 aromatic rings. The van der Waals surface area contributed by atoms with E-state index in [2.05, 4.69) is 52.0 Å². The molecule has 0 fully saturated rings. The highest BCUT2D eigenvalue weighted by Gasteiger charge is 2.25. The summed E-state index contributed by atoms with van der Waals surface area (Å²) in [5, 5.41) is 4.06. The Balaban J connectivity index is 2.11. The molecule has 1 heterocycles. The Labute approximate surface area is 108 Å². The Morgan fingerprint density at radius 1 is 1.47 bits per heavy atom. The first-order valence-electron chi connectivity index (χ1n) is 4.79. The molecule has 4 heteroatoms. The van der Waals surface area contributed by atoms with Crippen molar-refractivity contribution in [1.29, 1.82) is 0 Å². The van der Waals surface area contributed by atoms with Crippen LogP contribution in [0, 0.1) is 3.57 Å². The number of benzene rings is 1. The molecule has 1 aliphatic heterocycles. The van der Waals surface area contributed by atoms with E-state index in [1.165, 1.54) is 3.57 Å². The second kappa shape index (κ2) is 4.70. The summed E-state index contributed by atoms with van der Waals surface area (Å²) in [6.07, 6.45) is 0.812. The van der Waals surface area contributed by atoms with Gasteiger partial charge >= 0.3 is 0 Å². The fourth-order valence-electron chi connectivity index (χ4n) is 1.46. The van der Waals surface area contributed by atoms with Gasteiger partial charge in [0, 0.05) is 9.99 Å². The summed E-state index contributed by atoms with van der Waals surface area (Å²) in [6.45, 7) is 1.93. The van der Waals surface area contributed by atoms with Crippen LogP contribution in [0.3, 0.4) is 0 Å². The second-order valence-electron chi connectivity index (χ2n) is 3.57. The second-order valence-corrected chi connectivity index (χ2v) is 5.50. The number of hydrogen-bond acceptors (Lipinski definition) is 2. The van der Waals surface area contributed by atoms with E-state index < -0.39 is 0 Å². The minimum Gasteiger partial charge on any atom is -0.390 e. The molecule has 2 rings (SSSR count). The van der Waals surface area contributed by atoms with E-state index in [1.807, 2.05) is 6.92 Å². The number of oxime groups is 1. The lowest BCUT2D eigenvalue weighted by Gasteiger charge is -2.08. The maximum absolute atomic E-state index is 5.96. The summed E-state index contributed by atoms with van der Waals surface area (Å²) >= 11 is 8.24. The number of halogens is 2. The summed E-state index contributed by atoms with van der Waals surface area (Å²) in [4.78, 5) is 5.27. The van der Waals surface area contributed by atoms with Crippen molar-refractivity contribution in [3.63, 3.8) is 0 Å². The third kappa shape index (κ3) is 2.64. The molecular formula is C11H11ClINO. The maximum Gasteiger partial charge on any atom is 0.149 e. The third-order valence-electron chi connectivity index (χ3n) is 2.38. The molecule has 0 N–H and O–H groups in total. The lowest BCUT2D eigenvalue weighted by Crippen LogP contribution is -2.18. The van der Waals surface area contributed by atoms with E-state index in [0.29, 0.717) is 0 Å². The molecular weight excluding hydrogens is 324 g/mol. The first-order valence-corrected chi connectivity index (χ1v) is 6.31. The highest BCUT2D eigenvalue weighted by molar-refractivity contribution is 14.1. The number of alkyl halides is 1. The molecule has 1 aliphatic rings. The van der Waals surface area contributed by atoms with Crippen LogP contribution >= 0.6 is 34.2 Å². The quantitative estimate of drug-likeness (QED) is 0.599. The highest BCUT2D eigenvalue weighted by atomic mass is 127. The minimum atomic E-state index is -0.00454. The van der Waals surface area contributed by atoms with Crippen molar-refractivity contribution in [2.45, 2.75) is 24.8 Å². The van der Waals surface area contributed by atoms with Crippen molar-refractivity contribution in [2.24, 2.45) is 5.16 Å². The molecule has 2 atom stereocenters. The molecule has 1 aromatic carbocycles. The Kier molecular flexibility index (Phi) is 3.51. The monoisotopic (exact) mass is 335 g/mol. The average Bonchev–Trinajstić information content (AvgIpc) is 2.68. The lowest BCUT2D eigenvalue weighted by atomic mass is 10.0. The summed E-state index contributed by atoms with van der Waals surface area (Å²) in [7, 11) is 0. The Hall–Kier alpha value is -0.290. The van der Waals surface area contributed by atoms with Crippen molar-refractivity contribution >= 4 is 39.9 Å². The van der Waals surface area contributed by atoms with Crippen LogP contribution in [0.2, 0.25) is 0 Å². The topological polar surface area (TPSA) is 21.6 Å². The van der Waals surface area contributed by atoms with Crippen LogP contribution < -0.4 is 0 Å². The largest absolute Gasteiger partial charge is 0.390 e. The number of rotatable bonds is 2. The van der Waals surface area contributed by atoms with Gasteiger partial charge < -0.3 is 4.84 Å². The Morgan fingerprint density at radius 3 is 2.67 bits per heavy atom. The van der Waals surface area contributed by atoms with Crippen LogP contribution in [-0.2, 0) is 4.84 Å². The van der Waals surface area contributed by atoms with Crippen LogP contribution in [0.1, 0.15) is 18.9 Å². The predicted octanol–water partition coefficient (Wildman–Crippen LogP) is 3.41. The van der Waals surface area contributed by atoms with Crippen LogP contribution in [0.5, 0.6) is 0 Å². The van der Waals surface area contributed by atoms with Gasteiger partial charge in [0.2, 0.25) is 0 Å². The highest BCUT2D eigenvalue weighted by Crippen LogP contribution is 2.21. The van der Waals surface area contributed by atoms with Crippen molar-refractivity contribution in [1.82, 2.24) is 0 Å². The van der Waals surface area contributed by atoms with Crippen molar-refractivity contribution < 1.29 is 4.84 Å². The van der Waals surface area contributed by atoms with Crippen molar-refractivity contribution in [3.05, 3.63) is 33.4 Å². The molecule has 0 aliphatic carbocycles. The normalized spacial score (nSPS) is 22.1. The zero-order valence-corrected chi connectivity index (χ0v) is 11.2. The summed E-state index contributed by atoms with van der Waals surface area (Å²) < 4.78 is 1.22. The number of hydrogen-bond donors (Lipinski definition) is 0. The first kappa shape index (κ1) is 11.2. The van der Waals surface area contributed by atoms with Gasteiger partial charge in [-0.1, -0.05) is 17.3 Å². The van der Waals surface area contributed by atoms with Crippen LogP contribution in [0.25, 0.3) is 0 Å². The van der Waals surface area contributed by atoms with E-state index in [4.69, 9.17) is 16.4 Å². The van der Waals surface area contributed by atoms with Gasteiger partial charge in [-0.15, -0.1) is 11.6 Å². The van der Waals surface area contributed by atoms with Gasteiger partial charge in [-0.2, -0.15) is 0 Å². The molecule has 0 radical (unpaired) electrons. The third-order valence-corrected chi connectivity index (χ3v) is 3.38. The molecule has 0 saturated heterocycles. The van der Waals surface area contributed by atoms with Crippen LogP contribution in [-0.4, -0.2) is 17.2 Å². The van der Waals surface area contributed by atoms with Crippen molar-refractivity contribution in [2.75, 3.05) is 0 Å². The molecule has 80 valence electrons. The smallest absolute Gasteiger partial charge is 0.149 e.